The molecule has 1 aromatic carbocycles. The Kier molecular flexibility index (Phi) is 5.37. The van der Waals surface area contributed by atoms with Crippen molar-refractivity contribution in [2.24, 2.45) is 7.05 Å². The van der Waals surface area contributed by atoms with Crippen LogP contribution in [0.15, 0.2) is 36.5 Å². The van der Waals surface area contributed by atoms with Crippen LogP contribution in [0.3, 0.4) is 0 Å². The monoisotopic (exact) mass is 360 g/mol. The largest absolute Gasteiger partial charge is 0.395 e. The number of hydrogen-bond acceptors (Lipinski definition) is 4. The maximum atomic E-state index is 12.6. The van der Waals surface area contributed by atoms with Crippen LogP contribution in [0, 0.1) is 0 Å². The fourth-order valence-electron chi connectivity index (χ4n) is 3.28. The molecular formula is C19H21ClN2O3. The molecule has 1 saturated heterocycles. The number of aromatic nitrogens is 1. The summed E-state index contributed by atoms with van der Waals surface area (Å²) in [6, 6.07) is 8.40. The van der Waals surface area contributed by atoms with Gasteiger partial charge in [-0.15, -0.1) is 0 Å². The van der Waals surface area contributed by atoms with E-state index in [9.17, 15) is 14.7 Å². The molecule has 0 radical (unpaired) electrons. The third-order valence-corrected chi connectivity index (χ3v) is 4.97. The van der Waals surface area contributed by atoms with Gasteiger partial charge < -0.3 is 9.67 Å². The fraction of sp³-hybridized carbons (Fsp3) is 0.368. The summed E-state index contributed by atoms with van der Waals surface area (Å²) in [5, 5.41) is 9.95. The highest BCUT2D eigenvalue weighted by Crippen LogP contribution is 2.19. The average Bonchev–Trinajstić information content (AvgIpc) is 3.21. The zero-order valence-corrected chi connectivity index (χ0v) is 14.9. The first-order chi connectivity index (χ1) is 12.0. The number of aliphatic hydroxyl groups excluding tert-OH is 1. The molecule has 25 heavy (non-hydrogen) atoms. The Balaban J connectivity index is 1.76. The predicted molar refractivity (Wildman–Crippen MR) is 96.3 cm³/mol. The van der Waals surface area contributed by atoms with Gasteiger partial charge in [-0.2, -0.15) is 0 Å². The van der Waals surface area contributed by atoms with E-state index >= 15 is 0 Å². The van der Waals surface area contributed by atoms with E-state index in [1.54, 1.807) is 48.1 Å². The molecule has 1 N–H and O–H groups in total. The van der Waals surface area contributed by atoms with E-state index in [1.807, 2.05) is 4.90 Å². The van der Waals surface area contributed by atoms with Crippen LogP contribution >= 0.6 is 11.6 Å². The molecule has 1 atom stereocenters. The number of aryl methyl sites for hydroxylation is 1. The number of carbonyl (C=O) groups is 2. The van der Waals surface area contributed by atoms with Crippen LogP contribution in [-0.2, 0) is 7.05 Å². The molecule has 2 heterocycles. The van der Waals surface area contributed by atoms with Gasteiger partial charge in [0.05, 0.1) is 18.8 Å². The number of aliphatic hydroxyl groups is 1. The predicted octanol–water partition coefficient (Wildman–Crippen LogP) is 2.55. The molecule has 5 nitrogen and oxygen atoms in total. The molecule has 0 amide bonds. The molecule has 0 spiro atoms. The molecule has 1 aliphatic heterocycles. The Morgan fingerprint density at radius 3 is 2.64 bits per heavy atom. The molecule has 132 valence electrons. The Bertz CT molecular complexity index is 782. The Labute approximate surface area is 151 Å². The first-order valence-corrected chi connectivity index (χ1v) is 8.72. The third-order valence-electron chi connectivity index (χ3n) is 4.72. The van der Waals surface area contributed by atoms with E-state index in [0.717, 1.165) is 19.4 Å². The SMILES string of the molecule is Cn1cc(C(=O)CN2CCCC2CO)cc1C(=O)c1ccc(Cl)cc1. The summed E-state index contributed by atoms with van der Waals surface area (Å²) >= 11 is 5.86. The number of likely N-dealkylation sites (tertiary alicyclic amines) is 1. The zero-order valence-electron chi connectivity index (χ0n) is 14.1. The maximum Gasteiger partial charge on any atom is 0.209 e. The van der Waals surface area contributed by atoms with Gasteiger partial charge in [0.2, 0.25) is 5.78 Å². The first-order valence-electron chi connectivity index (χ1n) is 8.34. The van der Waals surface area contributed by atoms with Crippen molar-refractivity contribution in [1.82, 2.24) is 9.47 Å². The van der Waals surface area contributed by atoms with Gasteiger partial charge in [-0.25, -0.2) is 0 Å². The van der Waals surface area contributed by atoms with Gasteiger partial charge in [-0.1, -0.05) is 11.6 Å². The van der Waals surface area contributed by atoms with E-state index in [-0.39, 0.29) is 30.8 Å². The first kappa shape index (κ1) is 17.9. The van der Waals surface area contributed by atoms with E-state index in [2.05, 4.69) is 0 Å². The summed E-state index contributed by atoms with van der Waals surface area (Å²) in [5.41, 5.74) is 1.51. The molecule has 0 bridgehead atoms. The topological polar surface area (TPSA) is 62.5 Å². The van der Waals surface area contributed by atoms with Gasteiger partial charge in [-0.05, 0) is 49.7 Å². The molecule has 0 aliphatic carbocycles. The summed E-state index contributed by atoms with van der Waals surface area (Å²) in [5.74, 6) is -0.182. The van der Waals surface area contributed by atoms with Crippen LogP contribution in [0.1, 0.15) is 39.3 Å². The highest BCUT2D eigenvalue weighted by Gasteiger charge is 2.26. The lowest BCUT2D eigenvalue weighted by atomic mass is 10.1. The van der Waals surface area contributed by atoms with Crippen molar-refractivity contribution < 1.29 is 14.7 Å². The number of benzene rings is 1. The van der Waals surface area contributed by atoms with Crippen molar-refractivity contribution >= 4 is 23.2 Å². The summed E-state index contributed by atoms with van der Waals surface area (Å²) in [4.78, 5) is 27.2. The molecule has 2 aromatic rings. The van der Waals surface area contributed by atoms with Gasteiger partial charge in [0.15, 0.2) is 5.78 Å². The van der Waals surface area contributed by atoms with Crippen LogP contribution in [0.25, 0.3) is 0 Å². The van der Waals surface area contributed by atoms with Crippen LogP contribution in [0.5, 0.6) is 0 Å². The molecule has 1 fully saturated rings. The standard InChI is InChI=1S/C19H21ClN2O3/c1-21-10-14(18(24)11-22-8-2-3-16(22)12-23)9-17(21)19(25)13-4-6-15(20)7-5-13/h4-7,9-10,16,23H,2-3,8,11-12H2,1H3. The lowest BCUT2D eigenvalue weighted by Crippen LogP contribution is -2.36. The second kappa shape index (κ2) is 7.52. The highest BCUT2D eigenvalue weighted by molar-refractivity contribution is 6.30. The number of hydrogen-bond donors (Lipinski definition) is 1. The molecule has 1 aromatic heterocycles. The number of Topliss-reactive ketones (excluding diaryl/α,β-unsaturated/α-hetero) is 1. The van der Waals surface area contributed by atoms with E-state index in [0.29, 0.717) is 21.8 Å². The van der Waals surface area contributed by atoms with E-state index < -0.39 is 0 Å². The minimum absolute atomic E-state index is 0.0360. The van der Waals surface area contributed by atoms with E-state index in [1.165, 1.54) is 0 Å². The van der Waals surface area contributed by atoms with Gasteiger partial charge in [-0.3, -0.25) is 14.5 Å². The van der Waals surface area contributed by atoms with Crippen molar-refractivity contribution in [3.63, 3.8) is 0 Å². The number of nitrogens with zero attached hydrogens (tertiary/aromatic N) is 2. The van der Waals surface area contributed by atoms with Crippen LogP contribution in [0.2, 0.25) is 5.02 Å². The number of carbonyl (C=O) groups excluding carboxylic acids is 2. The second-order valence-corrected chi connectivity index (χ2v) is 6.87. The van der Waals surface area contributed by atoms with Gasteiger partial charge in [0, 0.05) is 35.4 Å². The van der Waals surface area contributed by atoms with Gasteiger partial charge in [0.25, 0.3) is 0 Å². The second-order valence-electron chi connectivity index (χ2n) is 6.43. The lowest BCUT2D eigenvalue weighted by molar-refractivity contribution is 0.0887. The van der Waals surface area contributed by atoms with Crippen molar-refractivity contribution in [2.45, 2.75) is 18.9 Å². The number of halogens is 1. The molecule has 0 saturated carbocycles. The minimum Gasteiger partial charge on any atom is -0.395 e. The smallest absolute Gasteiger partial charge is 0.209 e. The van der Waals surface area contributed by atoms with Crippen LogP contribution in [-0.4, -0.2) is 51.9 Å². The number of rotatable bonds is 6. The van der Waals surface area contributed by atoms with Gasteiger partial charge in [0.1, 0.15) is 0 Å². The summed E-state index contributed by atoms with van der Waals surface area (Å²) in [6.07, 6.45) is 3.60. The third kappa shape index (κ3) is 3.84. The Hall–Kier alpha value is -1.95. The Morgan fingerprint density at radius 1 is 1.24 bits per heavy atom. The van der Waals surface area contributed by atoms with Crippen molar-refractivity contribution in [3.05, 3.63) is 58.4 Å². The van der Waals surface area contributed by atoms with E-state index in [4.69, 9.17) is 11.6 Å². The highest BCUT2D eigenvalue weighted by atomic mass is 35.5. The van der Waals surface area contributed by atoms with Crippen molar-refractivity contribution in [1.29, 1.82) is 0 Å². The molecule has 3 rings (SSSR count). The fourth-order valence-corrected chi connectivity index (χ4v) is 3.40. The molecule has 1 aliphatic rings. The maximum absolute atomic E-state index is 12.6. The van der Waals surface area contributed by atoms with Crippen molar-refractivity contribution in [3.8, 4) is 0 Å². The minimum atomic E-state index is -0.146. The van der Waals surface area contributed by atoms with Crippen LogP contribution < -0.4 is 0 Å². The van der Waals surface area contributed by atoms with Crippen molar-refractivity contribution in [2.75, 3.05) is 19.7 Å². The lowest BCUT2D eigenvalue weighted by Gasteiger charge is -2.21. The normalized spacial score (nSPS) is 17.8. The Morgan fingerprint density at radius 2 is 1.96 bits per heavy atom. The number of ketones is 2. The summed E-state index contributed by atoms with van der Waals surface area (Å²) in [6.45, 7) is 1.16. The zero-order chi connectivity index (χ0) is 18.0. The molecule has 1 unspecified atom stereocenters. The van der Waals surface area contributed by atoms with Crippen LogP contribution in [0.4, 0.5) is 0 Å². The summed E-state index contributed by atoms with van der Waals surface area (Å²) < 4.78 is 1.68. The summed E-state index contributed by atoms with van der Waals surface area (Å²) in [7, 11) is 1.76. The average molecular weight is 361 g/mol. The quantitative estimate of drug-likeness (QED) is 0.804. The molecular weight excluding hydrogens is 340 g/mol. The van der Waals surface area contributed by atoms with Gasteiger partial charge >= 0.3 is 0 Å². The molecule has 6 heteroatoms.